The van der Waals surface area contributed by atoms with E-state index in [0.29, 0.717) is 0 Å². The van der Waals surface area contributed by atoms with Crippen molar-refractivity contribution < 1.29 is 29.6 Å². The van der Waals surface area contributed by atoms with Gasteiger partial charge in [0.25, 0.3) is 0 Å². The predicted molar refractivity (Wildman–Crippen MR) is 99.7 cm³/mol. The number of fused-ring (bicyclic) bond motifs is 3. The molecule has 4 atom stereocenters. The van der Waals surface area contributed by atoms with Crippen LogP contribution < -0.4 is 5.32 Å². The number of nitrogens with one attached hydrogen (secondary N) is 1. The molecule has 2 aliphatic carbocycles. The minimum atomic E-state index is -1.42. The molecular weight excluding hydrogens is 362 g/mol. The van der Waals surface area contributed by atoms with Crippen molar-refractivity contribution in [2.75, 3.05) is 6.61 Å². The number of ether oxygens (including phenoxy) is 1. The average molecular weight is 383 g/mol. The van der Waals surface area contributed by atoms with Crippen LogP contribution in [0.2, 0.25) is 0 Å². The van der Waals surface area contributed by atoms with E-state index in [-0.39, 0.29) is 18.9 Å². The lowest BCUT2D eigenvalue weighted by Crippen LogP contribution is -2.43. The summed E-state index contributed by atoms with van der Waals surface area (Å²) in [5, 5.41) is 31.3. The van der Waals surface area contributed by atoms with E-state index in [9.17, 15) is 19.8 Å². The lowest BCUT2D eigenvalue weighted by Gasteiger charge is -2.19. The summed E-state index contributed by atoms with van der Waals surface area (Å²) in [6.07, 6.45) is -3.57. The zero-order valence-electron chi connectivity index (χ0n) is 15.0. The third-order valence-electron chi connectivity index (χ3n) is 5.65. The van der Waals surface area contributed by atoms with E-state index in [4.69, 9.17) is 9.84 Å². The maximum atomic E-state index is 12.2. The smallest absolute Gasteiger partial charge is 0.407 e. The summed E-state index contributed by atoms with van der Waals surface area (Å²) in [6, 6.07) is 15.1. The van der Waals surface area contributed by atoms with Gasteiger partial charge in [0.15, 0.2) is 0 Å². The Bertz CT molecular complexity index is 868. The largest absolute Gasteiger partial charge is 0.481 e. The van der Waals surface area contributed by atoms with Crippen LogP contribution >= 0.6 is 0 Å². The number of rotatable bonds is 4. The Morgan fingerprint density at radius 1 is 0.964 bits per heavy atom. The quantitative estimate of drug-likeness (QED) is 0.639. The summed E-state index contributed by atoms with van der Waals surface area (Å²) in [6.45, 7) is 0.119. The lowest BCUT2D eigenvalue weighted by atomic mass is 9.98. The number of aliphatic hydroxyl groups excluding tert-OH is 2. The summed E-state index contributed by atoms with van der Waals surface area (Å²) in [5.41, 5.74) is 4.40. The van der Waals surface area contributed by atoms with E-state index in [2.05, 4.69) is 5.32 Å². The normalized spacial score (nSPS) is 25.8. The molecule has 4 N–H and O–H groups in total. The van der Waals surface area contributed by atoms with Gasteiger partial charge in [0.2, 0.25) is 0 Å². The Morgan fingerprint density at radius 3 is 2.07 bits per heavy atom. The monoisotopic (exact) mass is 383 g/mol. The van der Waals surface area contributed by atoms with Gasteiger partial charge < -0.3 is 25.4 Å². The molecule has 0 aromatic heterocycles. The van der Waals surface area contributed by atoms with Crippen molar-refractivity contribution in [3.05, 3.63) is 59.7 Å². The molecule has 2 aromatic carbocycles. The number of hydrogen-bond acceptors (Lipinski definition) is 5. The van der Waals surface area contributed by atoms with Gasteiger partial charge in [-0.15, -0.1) is 0 Å². The fraction of sp³-hybridized carbons (Fsp3) is 0.333. The first-order valence-corrected chi connectivity index (χ1v) is 9.18. The van der Waals surface area contributed by atoms with Gasteiger partial charge in [-0.05, 0) is 28.7 Å². The third-order valence-corrected chi connectivity index (χ3v) is 5.65. The summed E-state index contributed by atoms with van der Waals surface area (Å²) in [7, 11) is 0. The number of carboxylic acids is 1. The van der Waals surface area contributed by atoms with Gasteiger partial charge in [0.05, 0.1) is 18.1 Å². The number of carboxylic acid groups (broad SMARTS) is 1. The van der Waals surface area contributed by atoms with Crippen LogP contribution in [0.1, 0.15) is 23.5 Å². The van der Waals surface area contributed by atoms with Gasteiger partial charge in [0, 0.05) is 5.92 Å². The lowest BCUT2D eigenvalue weighted by molar-refractivity contribution is -0.145. The molecule has 1 saturated carbocycles. The van der Waals surface area contributed by atoms with Crippen molar-refractivity contribution in [3.8, 4) is 11.1 Å². The van der Waals surface area contributed by atoms with Gasteiger partial charge >= 0.3 is 12.1 Å². The Kier molecular flexibility index (Phi) is 4.78. The molecule has 146 valence electrons. The zero-order valence-corrected chi connectivity index (χ0v) is 15.0. The average Bonchev–Trinajstić information content (AvgIpc) is 3.16. The van der Waals surface area contributed by atoms with E-state index in [1.165, 1.54) is 0 Å². The Hall–Kier alpha value is -2.90. The summed E-state index contributed by atoms with van der Waals surface area (Å²) in [5.74, 6) is -2.42. The van der Waals surface area contributed by atoms with Crippen molar-refractivity contribution >= 4 is 12.1 Å². The Morgan fingerprint density at radius 2 is 1.54 bits per heavy atom. The molecule has 0 bridgehead atoms. The van der Waals surface area contributed by atoms with Crippen molar-refractivity contribution in [1.29, 1.82) is 0 Å². The molecule has 1 fully saturated rings. The molecule has 0 heterocycles. The summed E-state index contributed by atoms with van der Waals surface area (Å²) in [4.78, 5) is 23.3. The third kappa shape index (κ3) is 3.12. The molecule has 2 aliphatic rings. The summed E-state index contributed by atoms with van der Waals surface area (Å²) < 4.78 is 5.39. The van der Waals surface area contributed by atoms with Crippen LogP contribution in [0.25, 0.3) is 11.1 Å². The minimum Gasteiger partial charge on any atom is -0.481 e. The molecule has 28 heavy (non-hydrogen) atoms. The SMILES string of the molecule is O=C(N[C@@H]1C[C@H](C(=O)O)[C@@H](O)[C@H]1O)OCC1c2ccccc2-c2ccccc21. The maximum absolute atomic E-state index is 12.2. The molecule has 0 spiro atoms. The topological polar surface area (TPSA) is 116 Å². The van der Waals surface area contributed by atoms with Gasteiger partial charge in [-0.3, -0.25) is 4.79 Å². The highest BCUT2D eigenvalue weighted by molar-refractivity contribution is 5.79. The van der Waals surface area contributed by atoms with E-state index in [0.717, 1.165) is 22.3 Å². The number of benzene rings is 2. The van der Waals surface area contributed by atoms with Crippen molar-refractivity contribution in [2.24, 2.45) is 5.92 Å². The van der Waals surface area contributed by atoms with Crippen LogP contribution in [0.4, 0.5) is 4.79 Å². The Labute approximate surface area is 161 Å². The highest BCUT2D eigenvalue weighted by atomic mass is 16.5. The number of aliphatic carboxylic acids is 1. The molecule has 0 saturated heterocycles. The maximum Gasteiger partial charge on any atom is 0.407 e. The molecule has 7 nitrogen and oxygen atoms in total. The second-order valence-electron chi connectivity index (χ2n) is 7.24. The van der Waals surface area contributed by atoms with Crippen LogP contribution in [-0.2, 0) is 9.53 Å². The first-order valence-electron chi connectivity index (χ1n) is 9.18. The highest BCUT2D eigenvalue weighted by Crippen LogP contribution is 2.44. The predicted octanol–water partition coefficient (Wildman–Crippen LogP) is 1.72. The highest BCUT2D eigenvalue weighted by Gasteiger charge is 2.46. The number of hydrogen-bond donors (Lipinski definition) is 4. The first kappa shape index (κ1) is 18.5. The van der Waals surface area contributed by atoms with E-state index in [1.54, 1.807) is 0 Å². The molecule has 0 aliphatic heterocycles. The molecule has 4 rings (SSSR count). The van der Waals surface area contributed by atoms with E-state index >= 15 is 0 Å². The number of amides is 1. The fourth-order valence-corrected chi connectivity index (χ4v) is 4.21. The van der Waals surface area contributed by atoms with Crippen molar-refractivity contribution in [2.45, 2.75) is 30.6 Å². The molecule has 0 unspecified atom stereocenters. The van der Waals surface area contributed by atoms with Crippen molar-refractivity contribution in [1.82, 2.24) is 5.32 Å². The molecular formula is C21H21NO6. The molecule has 2 aromatic rings. The Balaban J connectivity index is 1.43. The van der Waals surface area contributed by atoms with Gasteiger partial charge in [-0.25, -0.2) is 4.79 Å². The van der Waals surface area contributed by atoms with Crippen LogP contribution in [0.3, 0.4) is 0 Å². The number of carbonyl (C=O) groups excluding carboxylic acids is 1. The van der Waals surface area contributed by atoms with Crippen LogP contribution in [0.5, 0.6) is 0 Å². The second kappa shape index (κ2) is 7.26. The van der Waals surface area contributed by atoms with Crippen LogP contribution in [-0.4, -0.2) is 52.2 Å². The van der Waals surface area contributed by atoms with Gasteiger partial charge in [-0.2, -0.15) is 0 Å². The number of carbonyl (C=O) groups is 2. The molecule has 7 heteroatoms. The first-order chi connectivity index (χ1) is 13.5. The van der Waals surface area contributed by atoms with Gasteiger partial charge in [-0.1, -0.05) is 48.5 Å². The van der Waals surface area contributed by atoms with Gasteiger partial charge in [0.1, 0.15) is 12.7 Å². The second-order valence-corrected chi connectivity index (χ2v) is 7.24. The fourth-order valence-electron chi connectivity index (χ4n) is 4.21. The molecule has 1 amide bonds. The minimum absolute atomic E-state index is 0.0537. The van der Waals surface area contributed by atoms with Crippen molar-refractivity contribution in [3.63, 3.8) is 0 Å². The van der Waals surface area contributed by atoms with Crippen LogP contribution in [0, 0.1) is 5.92 Å². The van der Waals surface area contributed by atoms with E-state index < -0.39 is 36.2 Å². The number of alkyl carbamates (subject to hydrolysis) is 1. The standard InChI is InChI=1S/C21H21NO6/c23-18-15(20(25)26)9-17(19(18)24)22-21(27)28-10-16-13-7-3-1-5-11(13)12-6-2-4-8-14(12)16/h1-8,15-19,23-24H,9-10H2,(H,22,27)(H,25,26)/t15-,17+,18+,19-/m0/s1. The summed E-state index contributed by atoms with van der Waals surface area (Å²) >= 11 is 0. The number of aliphatic hydroxyl groups is 2. The van der Waals surface area contributed by atoms with E-state index in [1.807, 2.05) is 48.5 Å². The zero-order chi connectivity index (χ0) is 19.8. The van der Waals surface area contributed by atoms with Crippen LogP contribution in [0.15, 0.2) is 48.5 Å². The molecule has 0 radical (unpaired) electrons.